The number of hydrogen-bond acceptors (Lipinski definition) is 16. The van der Waals surface area contributed by atoms with Crippen molar-refractivity contribution in [2.45, 2.75) is 49.1 Å². The number of anilines is 2. The van der Waals surface area contributed by atoms with E-state index >= 15 is 0 Å². The Kier molecular flexibility index (Phi) is 7.61. The molecule has 10 atom stereocenters. The highest BCUT2D eigenvalue weighted by molar-refractivity contribution is 8.07. The number of nitrogens with two attached hydrogens (primary N) is 2. The number of aromatic nitrogens is 6. The maximum absolute atomic E-state index is 13.1. The van der Waals surface area contributed by atoms with Gasteiger partial charge in [-0.15, -0.1) is 0 Å². The summed E-state index contributed by atoms with van der Waals surface area (Å²) in [5.41, 5.74) is 11.4. The van der Waals surface area contributed by atoms with Crippen LogP contribution < -0.4 is 17.0 Å². The Morgan fingerprint density at radius 2 is 1.60 bits per heavy atom. The zero-order valence-corrected chi connectivity index (χ0v) is 25.3. The van der Waals surface area contributed by atoms with Crippen molar-refractivity contribution >= 4 is 60.2 Å². The van der Waals surface area contributed by atoms with E-state index in [1.165, 1.54) is 33.9 Å². The molecule has 23 heteroatoms. The first-order valence-corrected chi connectivity index (χ1v) is 17.3. The van der Waals surface area contributed by atoms with Crippen LogP contribution in [-0.4, -0.2) is 98.9 Å². The first-order valence-electron chi connectivity index (χ1n) is 13.2. The van der Waals surface area contributed by atoms with E-state index in [2.05, 4.69) is 19.9 Å². The third kappa shape index (κ3) is 5.48. The maximum atomic E-state index is 13.1. The molecule has 3 saturated heterocycles. The van der Waals surface area contributed by atoms with Gasteiger partial charge in [0.2, 0.25) is 5.95 Å². The molecule has 0 radical (unpaired) electrons. The van der Waals surface area contributed by atoms with Crippen LogP contribution in [0.2, 0.25) is 0 Å². The molecule has 0 aliphatic carbocycles. The number of rotatable bonds is 2. The van der Waals surface area contributed by atoms with Crippen molar-refractivity contribution in [3.8, 4) is 0 Å². The van der Waals surface area contributed by atoms with Crippen LogP contribution in [0.1, 0.15) is 12.5 Å². The highest BCUT2D eigenvalue weighted by atomic mass is 32.5. The lowest BCUT2D eigenvalue weighted by molar-refractivity contribution is -0.0634. The molecule has 0 amide bonds. The van der Waals surface area contributed by atoms with E-state index in [9.17, 15) is 29.4 Å². The topological polar surface area (TPSA) is 287 Å². The summed E-state index contributed by atoms with van der Waals surface area (Å²) in [7, 11) is -4.98. The van der Waals surface area contributed by atoms with Crippen molar-refractivity contribution in [2.24, 2.45) is 0 Å². The summed E-state index contributed by atoms with van der Waals surface area (Å²) in [4.78, 5) is 48.7. The number of aromatic amines is 1. The fraction of sp³-hybridized carbons (Fsp3) is 0.455. The monoisotopic (exact) mass is 688 g/mol. The van der Waals surface area contributed by atoms with Gasteiger partial charge in [-0.25, -0.2) is 14.5 Å². The summed E-state index contributed by atoms with van der Waals surface area (Å²) in [6.07, 6.45) is -7.21. The van der Waals surface area contributed by atoms with Crippen LogP contribution in [0.4, 0.5) is 11.8 Å². The molecular weight excluding hydrogens is 662 g/mol. The fourth-order valence-corrected chi connectivity index (χ4v) is 7.95. The molecule has 3 aliphatic rings. The van der Waals surface area contributed by atoms with E-state index in [1.807, 2.05) is 0 Å². The van der Waals surface area contributed by atoms with Crippen molar-refractivity contribution in [3.63, 3.8) is 0 Å². The number of H-pyrrole nitrogens is 1. The van der Waals surface area contributed by atoms with Gasteiger partial charge in [-0.1, -0.05) is 0 Å². The number of aliphatic hydroxyl groups is 2. The molecule has 0 spiro atoms. The van der Waals surface area contributed by atoms with Crippen LogP contribution in [-0.2, 0) is 43.9 Å². The van der Waals surface area contributed by atoms with Crippen LogP contribution in [0, 0.1) is 0 Å². The smallest absolute Gasteiger partial charge is 0.387 e. The van der Waals surface area contributed by atoms with Crippen molar-refractivity contribution < 1.29 is 52.1 Å². The predicted octanol–water partition coefficient (Wildman–Crippen LogP) is -1.02. The van der Waals surface area contributed by atoms with Crippen LogP contribution in [0.5, 0.6) is 0 Å². The lowest BCUT2D eigenvalue weighted by Gasteiger charge is -2.27. The molecule has 2 bridgehead atoms. The number of phosphoric ester groups is 1. The van der Waals surface area contributed by atoms with E-state index in [4.69, 9.17) is 50.8 Å². The second-order valence-electron chi connectivity index (χ2n) is 10.4. The number of fused-ring (bicyclic) bond motifs is 5. The van der Waals surface area contributed by atoms with E-state index in [-0.39, 0.29) is 22.8 Å². The number of phosphoric acid groups is 1. The van der Waals surface area contributed by atoms with Crippen molar-refractivity contribution in [3.05, 3.63) is 41.2 Å². The predicted molar refractivity (Wildman–Crippen MR) is 155 cm³/mol. The van der Waals surface area contributed by atoms with Crippen LogP contribution >= 0.6 is 14.5 Å². The Balaban J connectivity index is 1.21. The molecule has 9 N–H and O–H groups in total. The van der Waals surface area contributed by atoms with Gasteiger partial charge in [-0.3, -0.25) is 23.3 Å². The highest BCUT2D eigenvalue weighted by Gasteiger charge is 2.53. The molecule has 4 aromatic rings. The molecule has 7 heterocycles. The van der Waals surface area contributed by atoms with Crippen molar-refractivity contribution in [1.82, 2.24) is 29.1 Å². The second-order valence-corrected chi connectivity index (χ2v) is 14.6. The average molecular weight is 689 g/mol. The van der Waals surface area contributed by atoms with Gasteiger partial charge in [0.25, 0.3) is 5.56 Å². The van der Waals surface area contributed by atoms with Gasteiger partial charge >= 0.3 is 14.5 Å². The summed E-state index contributed by atoms with van der Waals surface area (Å²) in [5, 5.41) is 22.9. The average Bonchev–Trinajstić information content (AvgIpc) is 3.72. The molecule has 0 aromatic carbocycles. The quantitative estimate of drug-likeness (QED) is 0.124. The van der Waals surface area contributed by atoms with Gasteiger partial charge in [0.1, 0.15) is 54.4 Å². The maximum Gasteiger partial charge on any atom is 0.472 e. The SMILES string of the molecule is Nc1nc2c(ccn2[C@@H]2O[C@@H]3COP(=O)(O)OC4[C@@H](COP(O)(=S)OC2C3O)O[C@@H](n2ccc3c(N)ncnc32)[C@H]4O)c(=O)[nH]1. The molecule has 20 nitrogen and oxygen atoms in total. The molecule has 242 valence electrons. The minimum absolute atomic E-state index is 0.0554. The third-order valence-corrected chi connectivity index (χ3v) is 10.2. The fourth-order valence-electron chi connectivity index (χ4n) is 5.57. The molecule has 4 aromatic heterocycles. The standard InChI is InChI=1S/C22H26N8O12P2S/c23-16-8-1-3-29(17(8)26-7-25-16)20-13(32)14-11(40-20)6-38-44(36,45)42-15-12(31)10(5-37-43(34,35)41-14)39-21(15)30-4-2-9-18(30)27-22(24)28-19(9)33/h1-4,7,10-15,20-21,31-32H,5-6H2,(H,34,35)(H,36,45)(H2,23,25,26)(H3,24,27,28,33)/t10-,11-,12?,13+,14?,15?,20-,21-,44?/m1/s1. The minimum Gasteiger partial charge on any atom is -0.387 e. The summed E-state index contributed by atoms with van der Waals surface area (Å²) in [6.45, 7) is -5.56. The summed E-state index contributed by atoms with van der Waals surface area (Å²) in [6, 6.07) is 3.02. The van der Waals surface area contributed by atoms with Crippen molar-refractivity contribution in [1.29, 1.82) is 0 Å². The largest absolute Gasteiger partial charge is 0.472 e. The molecular formula is C22H26N8O12P2S. The number of nitrogen functional groups attached to an aromatic ring is 2. The lowest BCUT2D eigenvalue weighted by atomic mass is 10.1. The molecule has 5 unspecified atom stereocenters. The van der Waals surface area contributed by atoms with Gasteiger partial charge in [0.15, 0.2) is 18.1 Å². The van der Waals surface area contributed by atoms with Crippen LogP contribution in [0.3, 0.4) is 0 Å². The number of nitrogens with one attached hydrogen (secondary N) is 1. The summed E-state index contributed by atoms with van der Waals surface area (Å²) < 4.78 is 49.6. The summed E-state index contributed by atoms with van der Waals surface area (Å²) >= 11 is 5.24. The highest BCUT2D eigenvalue weighted by Crippen LogP contribution is 2.54. The minimum atomic E-state index is -4.98. The first-order chi connectivity index (χ1) is 21.3. The van der Waals surface area contributed by atoms with Gasteiger partial charge < -0.3 is 54.6 Å². The molecule has 7 rings (SSSR count). The Morgan fingerprint density at radius 3 is 2.38 bits per heavy atom. The Labute approximate surface area is 256 Å². The Bertz CT molecular complexity index is 1940. The Hall–Kier alpha value is -2.88. The van der Waals surface area contributed by atoms with E-state index in [1.54, 1.807) is 6.07 Å². The summed E-state index contributed by atoms with van der Waals surface area (Å²) in [5.74, 6) is -0.0223. The molecule has 45 heavy (non-hydrogen) atoms. The number of aliphatic hydroxyl groups excluding tert-OH is 2. The van der Waals surface area contributed by atoms with Crippen LogP contribution in [0.25, 0.3) is 22.1 Å². The number of hydrogen-bond donors (Lipinski definition) is 7. The van der Waals surface area contributed by atoms with Gasteiger partial charge in [-0.2, -0.15) is 4.98 Å². The van der Waals surface area contributed by atoms with Crippen molar-refractivity contribution in [2.75, 3.05) is 24.7 Å². The van der Waals surface area contributed by atoms with Crippen LogP contribution in [0.15, 0.2) is 35.6 Å². The first kappa shape index (κ1) is 30.8. The Morgan fingerprint density at radius 1 is 0.911 bits per heavy atom. The lowest BCUT2D eigenvalue weighted by Crippen LogP contribution is -2.36. The van der Waals surface area contributed by atoms with E-state index in [0.717, 1.165) is 0 Å². The van der Waals surface area contributed by atoms with E-state index < -0.39 is 82.4 Å². The molecule has 0 saturated carbocycles. The zero-order valence-electron chi connectivity index (χ0n) is 22.7. The number of ether oxygens (including phenoxy) is 2. The number of nitrogens with zero attached hydrogens (tertiary/aromatic N) is 5. The van der Waals surface area contributed by atoms with E-state index in [0.29, 0.717) is 11.0 Å². The molecule has 3 fully saturated rings. The van der Waals surface area contributed by atoms with Gasteiger partial charge in [0, 0.05) is 12.4 Å². The van der Waals surface area contributed by atoms with Gasteiger partial charge in [-0.05, 0) is 23.9 Å². The van der Waals surface area contributed by atoms with Gasteiger partial charge in [0.05, 0.1) is 24.0 Å². The second kappa shape index (κ2) is 11.1. The third-order valence-electron chi connectivity index (χ3n) is 7.62. The zero-order chi connectivity index (χ0) is 31.8. The normalized spacial score (nSPS) is 37.7. The molecule has 3 aliphatic heterocycles.